The lowest BCUT2D eigenvalue weighted by molar-refractivity contribution is 0.0743. The maximum atomic E-state index is 12.6. The number of hydrogen-bond donors (Lipinski definition) is 1. The van der Waals surface area contributed by atoms with Gasteiger partial charge in [-0.1, -0.05) is 66.2 Å². The molecule has 0 radical (unpaired) electrons. The Bertz CT molecular complexity index is 405. The van der Waals surface area contributed by atoms with E-state index in [-0.39, 0.29) is 5.91 Å². The fraction of sp³-hybridized carbons (Fsp3) is 0.762. The highest BCUT2D eigenvalue weighted by molar-refractivity contribution is 5.92. The number of hydrogen-bond acceptors (Lipinski definition) is 1. The van der Waals surface area contributed by atoms with Gasteiger partial charge in [-0.2, -0.15) is 0 Å². The molecule has 0 spiro atoms. The molecular formula is C21H38N2O. The summed E-state index contributed by atoms with van der Waals surface area (Å²) in [5.41, 5.74) is 0.722. The van der Waals surface area contributed by atoms with Crippen LogP contribution >= 0.6 is 0 Å². The third-order valence-electron chi connectivity index (χ3n) is 4.53. The van der Waals surface area contributed by atoms with Gasteiger partial charge in [0.2, 0.25) is 0 Å². The minimum Gasteiger partial charge on any atom is -0.357 e. The molecule has 24 heavy (non-hydrogen) atoms. The second kappa shape index (κ2) is 12.2. The highest BCUT2D eigenvalue weighted by atomic mass is 16.2. The third-order valence-corrected chi connectivity index (χ3v) is 4.53. The number of unbranched alkanes of at least 4 members (excludes halogenated alkanes) is 4. The van der Waals surface area contributed by atoms with Crippen molar-refractivity contribution < 1.29 is 4.79 Å². The van der Waals surface area contributed by atoms with E-state index in [0.717, 1.165) is 43.5 Å². The molecule has 0 atom stereocenters. The summed E-state index contributed by atoms with van der Waals surface area (Å²) >= 11 is 0. The van der Waals surface area contributed by atoms with Crippen molar-refractivity contribution in [3.8, 4) is 0 Å². The SMILES string of the molecule is CC(C)CCCCCN(CCCCCC(C)C)C(=O)c1ccc[nH]1. The van der Waals surface area contributed by atoms with E-state index < -0.39 is 0 Å². The van der Waals surface area contributed by atoms with Gasteiger partial charge in [-0.05, 0) is 36.8 Å². The molecule has 1 rings (SSSR count). The molecule has 0 saturated heterocycles. The maximum absolute atomic E-state index is 12.6. The molecule has 1 aromatic rings. The number of rotatable bonds is 13. The van der Waals surface area contributed by atoms with E-state index in [4.69, 9.17) is 0 Å². The Labute approximate surface area is 149 Å². The van der Waals surface area contributed by atoms with Crippen LogP contribution in [0.25, 0.3) is 0 Å². The first kappa shape index (κ1) is 20.8. The lowest BCUT2D eigenvalue weighted by atomic mass is 10.0. The molecule has 1 heterocycles. The van der Waals surface area contributed by atoms with Crippen LogP contribution in [0.1, 0.15) is 89.5 Å². The van der Waals surface area contributed by atoms with Crippen LogP contribution in [0.4, 0.5) is 0 Å². The topological polar surface area (TPSA) is 36.1 Å². The quantitative estimate of drug-likeness (QED) is 0.449. The summed E-state index contributed by atoms with van der Waals surface area (Å²) < 4.78 is 0. The molecule has 0 fully saturated rings. The standard InChI is InChI=1S/C21H38N2O/c1-18(2)12-7-5-9-16-23(17-10-6-8-13-19(3)4)21(24)20-14-11-15-22-20/h11,14-15,18-19,22H,5-10,12-13,16-17H2,1-4H3. The van der Waals surface area contributed by atoms with Crippen molar-refractivity contribution in [2.45, 2.75) is 79.1 Å². The van der Waals surface area contributed by atoms with Gasteiger partial charge in [0.1, 0.15) is 5.69 Å². The van der Waals surface area contributed by atoms with Crippen molar-refractivity contribution in [3.63, 3.8) is 0 Å². The van der Waals surface area contributed by atoms with E-state index in [1.807, 2.05) is 18.3 Å². The second-order valence-electron chi connectivity index (χ2n) is 7.86. The van der Waals surface area contributed by atoms with E-state index >= 15 is 0 Å². The summed E-state index contributed by atoms with van der Waals surface area (Å²) in [6.45, 7) is 10.9. The first-order chi connectivity index (χ1) is 11.5. The van der Waals surface area contributed by atoms with Gasteiger partial charge in [-0.3, -0.25) is 4.79 Å². The van der Waals surface area contributed by atoms with Crippen LogP contribution in [0.3, 0.4) is 0 Å². The number of carbonyl (C=O) groups is 1. The van der Waals surface area contributed by atoms with Crippen LogP contribution in [-0.4, -0.2) is 28.9 Å². The Kier molecular flexibility index (Phi) is 10.5. The van der Waals surface area contributed by atoms with Crippen molar-refractivity contribution in [2.75, 3.05) is 13.1 Å². The number of carbonyl (C=O) groups excluding carboxylic acids is 1. The summed E-state index contributed by atoms with van der Waals surface area (Å²) in [4.78, 5) is 17.8. The van der Waals surface area contributed by atoms with Gasteiger partial charge in [0, 0.05) is 19.3 Å². The Balaban J connectivity index is 2.37. The Morgan fingerprint density at radius 1 is 0.917 bits per heavy atom. The molecule has 0 aliphatic rings. The minimum absolute atomic E-state index is 0.160. The zero-order chi connectivity index (χ0) is 17.8. The van der Waals surface area contributed by atoms with E-state index in [1.165, 1.54) is 38.5 Å². The number of amides is 1. The fourth-order valence-corrected chi connectivity index (χ4v) is 3.01. The van der Waals surface area contributed by atoms with Crippen LogP contribution in [0.2, 0.25) is 0 Å². The fourth-order valence-electron chi connectivity index (χ4n) is 3.01. The molecule has 0 aliphatic carbocycles. The average Bonchev–Trinajstić information content (AvgIpc) is 3.05. The number of nitrogens with one attached hydrogen (secondary N) is 1. The highest BCUT2D eigenvalue weighted by Crippen LogP contribution is 2.12. The first-order valence-corrected chi connectivity index (χ1v) is 9.93. The molecule has 0 unspecified atom stereocenters. The minimum atomic E-state index is 0.160. The molecule has 1 N–H and O–H groups in total. The van der Waals surface area contributed by atoms with Gasteiger partial charge in [-0.25, -0.2) is 0 Å². The Hall–Kier alpha value is -1.25. The van der Waals surface area contributed by atoms with Crippen molar-refractivity contribution in [2.24, 2.45) is 11.8 Å². The van der Waals surface area contributed by atoms with Crippen molar-refractivity contribution in [3.05, 3.63) is 24.0 Å². The maximum Gasteiger partial charge on any atom is 0.270 e. The van der Waals surface area contributed by atoms with Crippen LogP contribution < -0.4 is 0 Å². The van der Waals surface area contributed by atoms with Crippen molar-refractivity contribution in [1.29, 1.82) is 0 Å². The summed E-state index contributed by atoms with van der Waals surface area (Å²) in [6, 6.07) is 3.78. The molecule has 3 heteroatoms. The summed E-state index contributed by atoms with van der Waals surface area (Å²) in [5, 5.41) is 0. The van der Waals surface area contributed by atoms with Gasteiger partial charge >= 0.3 is 0 Å². The predicted octanol–water partition coefficient (Wildman–Crippen LogP) is 5.89. The Morgan fingerprint density at radius 3 is 1.88 bits per heavy atom. The van der Waals surface area contributed by atoms with Gasteiger partial charge in [0.05, 0.1) is 0 Å². The average molecular weight is 335 g/mol. The largest absolute Gasteiger partial charge is 0.357 e. The van der Waals surface area contributed by atoms with Crippen LogP contribution in [-0.2, 0) is 0 Å². The summed E-state index contributed by atoms with van der Waals surface area (Å²) in [7, 11) is 0. The van der Waals surface area contributed by atoms with Gasteiger partial charge in [0.15, 0.2) is 0 Å². The lowest BCUT2D eigenvalue weighted by Gasteiger charge is -2.22. The van der Waals surface area contributed by atoms with Crippen LogP contribution in [0, 0.1) is 11.8 Å². The number of H-pyrrole nitrogens is 1. The smallest absolute Gasteiger partial charge is 0.270 e. The molecule has 0 saturated carbocycles. The monoisotopic (exact) mass is 334 g/mol. The van der Waals surface area contributed by atoms with E-state index in [9.17, 15) is 4.79 Å². The molecule has 3 nitrogen and oxygen atoms in total. The normalized spacial score (nSPS) is 11.4. The molecule has 1 amide bonds. The second-order valence-corrected chi connectivity index (χ2v) is 7.86. The Morgan fingerprint density at radius 2 is 1.46 bits per heavy atom. The molecule has 138 valence electrons. The summed E-state index contributed by atoms with van der Waals surface area (Å²) in [5.74, 6) is 1.72. The molecule has 0 bridgehead atoms. The number of nitrogens with zero attached hydrogens (tertiary/aromatic N) is 1. The van der Waals surface area contributed by atoms with Crippen LogP contribution in [0.5, 0.6) is 0 Å². The lowest BCUT2D eigenvalue weighted by Crippen LogP contribution is -2.33. The summed E-state index contributed by atoms with van der Waals surface area (Å²) in [6.07, 6.45) is 11.6. The van der Waals surface area contributed by atoms with E-state index in [0.29, 0.717) is 0 Å². The molecule has 0 aromatic carbocycles. The molecular weight excluding hydrogens is 296 g/mol. The number of aromatic nitrogens is 1. The van der Waals surface area contributed by atoms with Crippen molar-refractivity contribution in [1.82, 2.24) is 9.88 Å². The highest BCUT2D eigenvalue weighted by Gasteiger charge is 2.15. The van der Waals surface area contributed by atoms with Crippen LogP contribution in [0.15, 0.2) is 18.3 Å². The van der Waals surface area contributed by atoms with E-state index in [1.54, 1.807) is 0 Å². The van der Waals surface area contributed by atoms with Crippen molar-refractivity contribution >= 4 is 5.91 Å². The van der Waals surface area contributed by atoms with Gasteiger partial charge < -0.3 is 9.88 Å². The number of aromatic amines is 1. The van der Waals surface area contributed by atoms with E-state index in [2.05, 4.69) is 37.6 Å². The van der Waals surface area contributed by atoms with Gasteiger partial charge in [0.25, 0.3) is 5.91 Å². The van der Waals surface area contributed by atoms with Gasteiger partial charge in [-0.15, -0.1) is 0 Å². The zero-order valence-corrected chi connectivity index (χ0v) is 16.3. The predicted molar refractivity (Wildman–Crippen MR) is 103 cm³/mol. The molecule has 1 aromatic heterocycles. The zero-order valence-electron chi connectivity index (χ0n) is 16.3. The first-order valence-electron chi connectivity index (χ1n) is 9.93. The molecule has 0 aliphatic heterocycles. The third kappa shape index (κ3) is 9.14.